The zero-order valence-electron chi connectivity index (χ0n) is 57.4. The Morgan fingerprint density at radius 3 is 0.977 bits per heavy atom. The summed E-state index contributed by atoms with van der Waals surface area (Å²) in [6, 6.07) is 0. The van der Waals surface area contributed by atoms with Gasteiger partial charge in [-0.25, -0.2) is 0 Å². The summed E-state index contributed by atoms with van der Waals surface area (Å²) in [5.41, 5.74) is 0. The van der Waals surface area contributed by atoms with E-state index in [-0.39, 0.29) is 32.2 Å². The van der Waals surface area contributed by atoms with E-state index in [0.29, 0.717) is 23.9 Å². The molecule has 0 radical (unpaired) electrons. The molecule has 0 bridgehead atoms. The van der Waals surface area contributed by atoms with Crippen molar-refractivity contribution in [1.82, 2.24) is 0 Å². The number of carbonyl (C=O) groups is 3. The van der Waals surface area contributed by atoms with Crippen LogP contribution in [0, 0.1) is 0 Å². The first kappa shape index (κ1) is 83.2. The minimum atomic E-state index is -1.62. The van der Waals surface area contributed by atoms with Gasteiger partial charge in [-0.15, -0.1) is 0 Å². The normalized spacial score (nSPS) is 13.3. The third kappa shape index (κ3) is 69.5. The number of allylic oxidation sites excluding steroid dienone is 16. The Morgan fingerprint density at radius 1 is 0.356 bits per heavy atom. The molecule has 9 nitrogen and oxygen atoms in total. The lowest BCUT2D eigenvalue weighted by molar-refractivity contribution is -0.870. The summed E-state index contributed by atoms with van der Waals surface area (Å²) in [4.78, 5) is 37.5. The molecule has 0 saturated carbocycles. The van der Waals surface area contributed by atoms with Crippen LogP contribution in [0.2, 0.25) is 0 Å². The molecule has 0 fully saturated rings. The van der Waals surface area contributed by atoms with E-state index in [9.17, 15) is 19.5 Å². The van der Waals surface area contributed by atoms with Crippen LogP contribution in [-0.4, -0.2) is 82.3 Å². The van der Waals surface area contributed by atoms with Crippen LogP contribution >= 0.6 is 0 Å². The molecule has 0 aromatic carbocycles. The molecule has 0 amide bonds. The molecule has 0 aliphatic carbocycles. The number of hydrogen-bond acceptors (Lipinski definition) is 8. The van der Waals surface area contributed by atoms with E-state index in [1.165, 1.54) is 212 Å². The van der Waals surface area contributed by atoms with E-state index in [0.717, 1.165) is 77.0 Å². The minimum absolute atomic E-state index is 0.146. The van der Waals surface area contributed by atoms with E-state index in [1.807, 2.05) is 21.1 Å². The van der Waals surface area contributed by atoms with Crippen LogP contribution in [0.5, 0.6) is 0 Å². The van der Waals surface area contributed by atoms with E-state index in [2.05, 4.69) is 111 Å². The average molecular weight is 1220 g/mol. The Kier molecular flexibility index (Phi) is 65.2. The molecular formula is C78H137NO8. The number of likely N-dealkylation sites (N-methyl/N-ethyl adjacent to an activating group) is 1. The van der Waals surface area contributed by atoms with Crippen molar-refractivity contribution in [3.8, 4) is 0 Å². The topological polar surface area (TPSA) is 111 Å². The fourth-order valence-corrected chi connectivity index (χ4v) is 10.3. The predicted octanol–water partition coefficient (Wildman–Crippen LogP) is 21.5. The molecular weight excluding hydrogens is 1080 g/mol. The van der Waals surface area contributed by atoms with Crippen LogP contribution in [0.4, 0.5) is 0 Å². The van der Waals surface area contributed by atoms with E-state index < -0.39 is 24.3 Å². The Hall–Kier alpha value is -3.79. The predicted molar refractivity (Wildman–Crippen MR) is 371 cm³/mol. The third-order valence-corrected chi connectivity index (χ3v) is 15.8. The minimum Gasteiger partial charge on any atom is -0.545 e. The maximum absolute atomic E-state index is 12.9. The van der Waals surface area contributed by atoms with Crippen LogP contribution in [0.15, 0.2) is 97.2 Å². The number of rotatable bonds is 67. The molecule has 0 N–H and O–H groups in total. The SMILES string of the molecule is CC/C=C\C/C=C\C/C=C\C/C=C\C/C=C\C/C=C\CCCCCCCCCCCCCCCCCCCCC(=O)OC(COC(=O)CCCCCCCCCCCCCCC/C=C\C/C=C\CCCCCCC)COC(OCC[N+](C)(C)C)C(=O)[O-]. The molecule has 0 saturated heterocycles. The van der Waals surface area contributed by atoms with Gasteiger partial charge in [0.2, 0.25) is 0 Å². The standard InChI is InChI=1S/C78H137NO8/c1-6-8-10-12-14-16-18-20-22-24-26-28-30-32-33-34-35-36-37-38-39-40-41-42-43-45-47-49-51-53-55-57-59-61-63-65-67-69-76(81)87-74(73-86-78(77(82)83)84-71-70-79(3,4)5)72-85-75(80)68-66-64-62-60-58-56-54-52-50-48-46-44-31-29-27-25-23-21-19-17-15-13-11-9-7-2/h8,10,14,16,19-22,25-28,32-33,35-36,74,78H,6-7,9,11-13,15,17-18,23-24,29-31,34,37-73H2,1-5H3/b10-8-,16-14-,21-19-,22-20-,27-25-,28-26-,33-32-,36-35-. The van der Waals surface area contributed by atoms with Crippen LogP contribution in [-0.2, 0) is 33.3 Å². The summed E-state index contributed by atoms with van der Waals surface area (Å²) in [6.45, 7) is 4.66. The summed E-state index contributed by atoms with van der Waals surface area (Å²) in [6.07, 6.45) is 90.7. The summed E-state index contributed by atoms with van der Waals surface area (Å²) in [7, 11) is 5.94. The van der Waals surface area contributed by atoms with Gasteiger partial charge in [-0.05, 0) is 96.3 Å². The van der Waals surface area contributed by atoms with Gasteiger partial charge in [0.05, 0.1) is 40.3 Å². The van der Waals surface area contributed by atoms with Crippen molar-refractivity contribution in [2.75, 3.05) is 47.5 Å². The van der Waals surface area contributed by atoms with Crippen LogP contribution in [0.3, 0.4) is 0 Å². The van der Waals surface area contributed by atoms with Gasteiger partial charge in [0.25, 0.3) is 0 Å². The first-order valence-corrected chi connectivity index (χ1v) is 36.4. The lowest BCUT2D eigenvalue weighted by atomic mass is 10.0. The lowest BCUT2D eigenvalue weighted by Gasteiger charge is -2.26. The van der Waals surface area contributed by atoms with Crippen LogP contribution < -0.4 is 5.11 Å². The highest BCUT2D eigenvalue weighted by atomic mass is 16.7. The Labute approximate surface area is 537 Å². The quantitative estimate of drug-likeness (QED) is 0.0195. The van der Waals surface area contributed by atoms with Crippen LogP contribution in [0.25, 0.3) is 0 Å². The fraction of sp³-hybridized carbons (Fsp3) is 0.756. The first-order valence-electron chi connectivity index (χ1n) is 36.4. The summed E-state index contributed by atoms with van der Waals surface area (Å²) >= 11 is 0. The number of carbonyl (C=O) groups excluding carboxylic acids is 3. The second-order valence-corrected chi connectivity index (χ2v) is 25.5. The molecule has 0 aromatic rings. The molecule has 0 rings (SSSR count). The third-order valence-electron chi connectivity index (χ3n) is 15.8. The summed E-state index contributed by atoms with van der Waals surface area (Å²) in [5, 5.41) is 11.8. The van der Waals surface area contributed by atoms with Gasteiger partial charge in [0, 0.05) is 12.8 Å². The van der Waals surface area contributed by atoms with Crippen molar-refractivity contribution in [2.45, 2.75) is 334 Å². The number of unbranched alkanes of at least 4 members (excludes halogenated alkanes) is 36. The largest absolute Gasteiger partial charge is 0.545 e. The number of esters is 2. The van der Waals surface area contributed by atoms with Crippen molar-refractivity contribution < 1.29 is 42.9 Å². The van der Waals surface area contributed by atoms with Crippen molar-refractivity contribution in [3.63, 3.8) is 0 Å². The monoisotopic (exact) mass is 1220 g/mol. The Balaban J connectivity index is 4.06. The van der Waals surface area contributed by atoms with Gasteiger partial charge < -0.3 is 33.3 Å². The number of quaternary nitrogens is 1. The molecule has 502 valence electrons. The maximum Gasteiger partial charge on any atom is 0.306 e. The molecule has 0 heterocycles. The van der Waals surface area contributed by atoms with Crippen molar-refractivity contribution in [3.05, 3.63) is 97.2 Å². The molecule has 2 unspecified atom stereocenters. The molecule has 2 atom stereocenters. The van der Waals surface area contributed by atoms with Crippen molar-refractivity contribution in [2.24, 2.45) is 0 Å². The smallest absolute Gasteiger partial charge is 0.306 e. The van der Waals surface area contributed by atoms with Gasteiger partial charge >= 0.3 is 11.9 Å². The van der Waals surface area contributed by atoms with Crippen LogP contribution in [0.1, 0.15) is 322 Å². The fourth-order valence-electron chi connectivity index (χ4n) is 10.3. The zero-order valence-corrected chi connectivity index (χ0v) is 57.4. The number of aliphatic carboxylic acids is 1. The van der Waals surface area contributed by atoms with Gasteiger partial charge in [0.1, 0.15) is 13.2 Å². The number of hydrogen-bond donors (Lipinski definition) is 0. The van der Waals surface area contributed by atoms with Gasteiger partial charge in [-0.3, -0.25) is 9.59 Å². The second kappa shape index (κ2) is 68.1. The highest BCUT2D eigenvalue weighted by molar-refractivity contribution is 5.70. The van der Waals surface area contributed by atoms with E-state index in [1.54, 1.807) is 0 Å². The number of carboxylic acid groups (broad SMARTS) is 1. The molecule has 0 spiro atoms. The van der Waals surface area contributed by atoms with Crippen molar-refractivity contribution in [1.29, 1.82) is 0 Å². The van der Waals surface area contributed by atoms with E-state index >= 15 is 0 Å². The Morgan fingerprint density at radius 2 is 0.655 bits per heavy atom. The van der Waals surface area contributed by atoms with Gasteiger partial charge in [-0.1, -0.05) is 310 Å². The van der Waals surface area contributed by atoms with Crippen molar-refractivity contribution >= 4 is 17.9 Å². The number of carboxylic acids is 1. The zero-order chi connectivity index (χ0) is 63.3. The summed E-state index contributed by atoms with van der Waals surface area (Å²) < 4.78 is 22.8. The molecule has 87 heavy (non-hydrogen) atoms. The van der Waals surface area contributed by atoms with Gasteiger partial charge in [-0.2, -0.15) is 0 Å². The maximum atomic E-state index is 12.9. The molecule has 9 heteroatoms. The summed E-state index contributed by atoms with van der Waals surface area (Å²) in [5.74, 6) is -2.27. The highest BCUT2D eigenvalue weighted by Gasteiger charge is 2.22. The lowest BCUT2D eigenvalue weighted by Crippen LogP contribution is -2.44. The Bertz CT molecular complexity index is 1750. The number of nitrogens with zero attached hydrogens (tertiary/aromatic N) is 1. The highest BCUT2D eigenvalue weighted by Crippen LogP contribution is 2.18. The first-order chi connectivity index (χ1) is 42.6. The molecule has 0 aromatic heterocycles. The molecule has 0 aliphatic heterocycles. The molecule has 0 aliphatic rings. The number of ether oxygens (including phenoxy) is 4. The van der Waals surface area contributed by atoms with E-state index in [4.69, 9.17) is 18.9 Å². The average Bonchev–Trinajstić information content (AvgIpc) is 3.57. The second-order valence-electron chi connectivity index (χ2n) is 25.5. The van der Waals surface area contributed by atoms with Gasteiger partial charge in [0.15, 0.2) is 12.4 Å².